The van der Waals surface area contributed by atoms with Crippen LogP contribution in [-0.4, -0.2) is 38.8 Å². The molecule has 0 aliphatic carbocycles. The number of halogens is 1. The summed E-state index contributed by atoms with van der Waals surface area (Å²) in [4.78, 5) is 18.0. The molecule has 1 atom stereocenters. The Morgan fingerprint density at radius 2 is 2.18 bits per heavy atom. The van der Waals surface area contributed by atoms with Gasteiger partial charge in [0.25, 0.3) is 0 Å². The van der Waals surface area contributed by atoms with Crippen molar-refractivity contribution in [2.75, 3.05) is 18.4 Å². The Bertz CT molecular complexity index is 613. The molecule has 1 aliphatic heterocycles. The second-order valence-corrected chi connectivity index (χ2v) is 5.51. The lowest BCUT2D eigenvalue weighted by Gasteiger charge is -2.32. The van der Waals surface area contributed by atoms with Crippen LogP contribution >= 0.6 is 0 Å². The van der Waals surface area contributed by atoms with Gasteiger partial charge in [0.2, 0.25) is 0 Å². The van der Waals surface area contributed by atoms with Crippen LogP contribution in [0.1, 0.15) is 12.8 Å². The summed E-state index contributed by atoms with van der Waals surface area (Å²) in [6.45, 7) is 2.19. The molecule has 7 heteroatoms. The molecular weight excluding hydrogens is 285 g/mol. The molecule has 0 unspecified atom stereocenters. The third kappa shape index (κ3) is 3.60. The smallest absolute Gasteiger partial charge is 0.321 e. The summed E-state index contributed by atoms with van der Waals surface area (Å²) in [6.07, 6.45) is 5.25. The van der Waals surface area contributed by atoms with E-state index in [4.69, 9.17) is 0 Å². The average Bonchev–Trinajstić information content (AvgIpc) is 3.03. The first-order valence-electron chi connectivity index (χ1n) is 7.34. The molecule has 6 nitrogen and oxygen atoms in total. The molecule has 1 aromatic carbocycles. The van der Waals surface area contributed by atoms with Crippen molar-refractivity contribution in [3.8, 4) is 0 Å². The van der Waals surface area contributed by atoms with Gasteiger partial charge in [-0.25, -0.2) is 14.2 Å². The number of benzene rings is 1. The summed E-state index contributed by atoms with van der Waals surface area (Å²) < 4.78 is 14.7. The predicted molar refractivity (Wildman–Crippen MR) is 79.7 cm³/mol. The molecule has 2 heterocycles. The van der Waals surface area contributed by atoms with Crippen molar-refractivity contribution in [3.63, 3.8) is 0 Å². The van der Waals surface area contributed by atoms with Crippen LogP contribution in [0.25, 0.3) is 0 Å². The SMILES string of the molecule is O=C(Nc1ccc(F)cc1)N1CCC[C@@H](Cn2cncn2)C1. The van der Waals surface area contributed by atoms with Crippen LogP contribution in [0.15, 0.2) is 36.9 Å². The van der Waals surface area contributed by atoms with E-state index in [9.17, 15) is 9.18 Å². The Balaban J connectivity index is 1.56. The first kappa shape index (κ1) is 14.5. The van der Waals surface area contributed by atoms with Gasteiger partial charge in [0.15, 0.2) is 0 Å². The van der Waals surface area contributed by atoms with Gasteiger partial charge < -0.3 is 10.2 Å². The van der Waals surface area contributed by atoms with E-state index in [0.29, 0.717) is 18.2 Å². The molecule has 0 spiro atoms. The van der Waals surface area contributed by atoms with Crippen molar-refractivity contribution >= 4 is 11.7 Å². The molecule has 0 radical (unpaired) electrons. The number of piperidine rings is 1. The topological polar surface area (TPSA) is 63.1 Å². The zero-order chi connectivity index (χ0) is 15.4. The summed E-state index contributed by atoms with van der Waals surface area (Å²) in [5, 5.41) is 6.91. The fraction of sp³-hybridized carbons (Fsp3) is 0.400. The van der Waals surface area contributed by atoms with Gasteiger partial charge in [-0.15, -0.1) is 0 Å². The van der Waals surface area contributed by atoms with Crippen LogP contribution in [0, 0.1) is 11.7 Å². The average molecular weight is 303 g/mol. The van der Waals surface area contributed by atoms with Crippen LogP contribution in [0.4, 0.5) is 14.9 Å². The molecule has 0 bridgehead atoms. The van der Waals surface area contributed by atoms with E-state index in [-0.39, 0.29) is 11.8 Å². The van der Waals surface area contributed by atoms with Crippen LogP contribution in [-0.2, 0) is 6.54 Å². The minimum Gasteiger partial charge on any atom is -0.324 e. The van der Waals surface area contributed by atoms with Crippen LogP contribution in [0.5, 0.6) is 0 Å². The highest BCUT2D eigenvalue weighted by Gasteiger charge is 2.24. The first-order chi connectivity index (χ1) is 10.7. The third-order valence-corrected chi connectivity index (χ3v) is 3.81. The number of urea groups is 1. The summed E-state index contributed by atoms with van der Waals surface area (Å²) in [7, 11) is 0. The lowest BCUT2D eigenvalue weighted by atomic mass is 9.98. The normalized spacial score (nSPS) is 18.2. The number of rotatable bonds is 3. The number of carbonyl (C=O) groups excluding carboxylic acids is 1. The third-order valence-electron chi connectivity index (χ3n) is 3.81. The van der Waals surface area contributed by atoms with Gasteiger partial charge in [-0.1, -0.05) is 0 Å². The number of carbonyl (C=O) groups is 1. The van der Waals surface area contributed by atoms with E-state index in [0.717, 1.165) is 25.9 Å². The van der Waals surface area contributed by atoms with Crippen molar-refractivity contribution in [1.29, 1.82) is 0 Å². The van der Waals surface area contributed by atoms with Crippen molar-refractivity contribution in [2.24, 2.45) is 5.92 Å². The first-order valence-corrected chi connectivity index (χ1v) is 7.34. The van der Waals surface area contributed by atoms with Gasteiger partial charge in [-0.2, -0.15) is 5.10 Å². The number of aromatic nitrogens is 3. The molecule has 116 valence electrons. The molecule has 1 fully saturated rings. The van der Waals surface area contributed by atoms with E-state index >= 15 is 0 Å². The van der Waals surface area contributed by atoms with Gasteiger partial charge >= 0.3 is 6.03 Å². The summed E-state index contributed by atoms with van der Waals surface area (Å²) >= 11 is 0. The van der Waals surface area contributed by atoms with Crippen molar-refractivity contribution < 1.29 is 9.18 Å². The maximum atomic E-state index is 12.9. The van der Waals surface area contributed by atoms with Crippen LogP contribution in [0.2, 0.25) is 0 Å². The zero-order valence-corrected chi connectivity index (χ0v) is 12.2. The molecule has 0 saturated carbocycles. The van der Waals surface area contributed by atoms with Gasteiger partial charge in [0.05, 0.1) is 0 Å². The fourth-order valence-electron chi connectivity index (χ4n) is 2.73. The quantitative estimate of drug-likeness (QED) is 0.947. The van der Waals surface area contributed by atoms with Crippen molar-refractivity contribution in [3.05, 3.63) is 42.7 Å². The van der Waals surface area contributed by atoms with Crippen LogP contribution < -0.4 is 5.32 Å². The van der Waals surface area contributed by atoms with Crippen molar-refractivity contribution in [2.45, 2.75) is 19.4 Å². The molecular formula is C15H18FN5O. The van der Waals surface area contributed by atoms with Gasteiger partial charge in [-0.3, -0.25) is 4.68 Å². The summed E-state index contributed by atoms with van der Waals surface area (Å²) in [6, 6.07) is 5.64. The highest BCUT2D eigenvalue weighted by atomic mass is 19.1. The summed E-state index contributed by atoms with van der Waals surface area (Å²) in [5.74, 6) is 0.0540. The zero-order valence-electron chi connectivity index (χ0n) is 12.2. The number of likely N-dealkylation sites (tertiary alicyclic amines) is 1. The molecule has 1 saturated heterocycles. The lowest BCUT2D eigenvalue weighted by molar-refractivity contribution is 0.168. The van der Waals surface area contributed by atoms with E-state index in [1.54, 1.807) is 28.0 Å². The van der Waals surface area contributed by atoms with Crippen LogP contribution in [0.3, 0.4) is 0 Å². The van der Waals surface area contributed by atoms with Gasteiger partial charge in [-0.05, 0) is 43.0 Å². The maximum absolute atomic E-state index is 12.9. The van der Waals surface area contributed by atoms with E-state index in [2.05, 4.69) is 15.4 Å². The standard InChI is InChI=1S/C15H18FN5O/c16-13-3-5-14(6-4-13)19-15(22)20-7-1-2-12(8-20)9-21-11-17-10-18-21/h3-6,10-12H,1-2,7-9H2,(H,19,22)/t12-/m1/s1. The Hall–Kier alpha value is -2.44. The highest BCUT2D eigenvalue weighted by Crippen LogP contribution is 2.19. The molecule has 22 heavy (non-hydrogen) atoms. The monoisotopic (exact) mass is 303 g/mol. The molecule has 2 aromatic rings. The Morgan fingerprint density at radius 3 is 2.91 bits per heavy atom. The minimum absolute atomic E-state index is 0.144. The molecule has 3 rings (SSSR count). The van der Waals surface area contributed by atoms with Crippen molar-refractivity contribution in [1.82, 2.24) is 19.7 Å². The molecule has 1 aliphatic rings. The fourth-order valence-corrected chi connectivity index (χ4v) is 2.73. The number of amides is 2. The molecule has 2 amide bonds. The molecule has 1 aromatic heterocycles. The minimum atomic E-state index is -0.316. The predicted octanol–water partition coefficient (Wildman–Crippen LogP) is 2.36. The Labute approximate surface area is 128 Å². The number of nitrogens with one attached hydrogen (secondary N) is 1. The molecule has 1 N–H and O–H groups in total. The Kier molecular flexibility index (Phi) is 4.32. The van der Waals surface area contributed by atoms with E-state index in [1.165, 1.54) is 18.5 Å². The van der Waals surface area contributed by atoms with Gasteiger partial charge in [0.1, 0.15) is 18.5 Å². The van der Waals surface area contributed by atoms with E-state index in [1.807, 2.05) is 0 Å². The number of anilines is 1. The van der Waals surface area contributed by atoms with E-state index < -0.39 is 0 Å². The summed E-state index contributed by atoms with van der Waals surface area (Å²) in [5.41, 5.74) is 0.602. The largest absolute Gasteiger partial charge is 0.324 e. The Morgan fingerprint density at radius 1 is 1.36 bits per heavy atom. The highest BCUT2D eigenvalue weighted by molar-refractivity contribution is 5.89. The maximum Gasteiger partial charge on any atom is 0.321 e. The lowest BCUT2D eigenvalue weighted by Crippen LogP contribution is -2.43. The second-order valence-electron chi connectivity index (χ2n) is 5.51. The number of hydrogen-bond acceptors (Lipinski definition) is 3. The number of hydrogen-bond donors (Lipinski definition) is 1. The van der Waals surface area contributed by atoms with Gasteiger partial charge in [0, 0.05) is 25.3 Å². The number of nitrogens with zero attached hydrogens (tertiary/aromatic N) is 4. The second kappa shape index (κ2) is 6.55.